The monoisotopic (exact) mass is 301 g/mol. The number of hydrogen-bond donors (Lipinski definition) is 1. The molecule has 0 fully saturated rings. The van der Waals surface area contributed by atoms with Crippen LogP contribution in [0.5, 0.6) is 0 Å². The molecule has 8 heteroatoms. The van der Waals surface area contributed by atoms with Gasteiger partial charge in [-0.2, -0.15) is 18.2 Å². The summed E-state index contributed by atoms with van der Waals surface area (Å²) in [7, 11) is 1.49. The summed E-state index contributed by atoms with van der Waals surface area (Å²) in [5, 5.41) is 3.72. The second kappa shape index (κ2) is 5.72. The first-order valence-electron chi connectivity index (χ1n) is 6.20. The molecule has 1 heterocycles. The lowest BCUT2D eigenvalue weighted by molar-refractivity contribution is -0.137. The van der Waals surface area contributed by atoms with Gasteiger partial charge in [0.1, 0.15) is 6.10 Å². The molecule has 1 atom stereocenters. The molecule has 2 aromatic rings. The van der Waals surface area contributed by atoms with Crippen molar-refractivity contribution in [3.63, 3.8) is 0 Å². The van der Waals surface area contributed by atoms with Gasteiger partial charge in [0.25, 0.3) is 5.89 Å². The summed E-state index contributed by atoms with van der Waals surface area (Å²) >= 11 is 0. The Balaban J connectivity index is 2.42. The fourth-order valence-electron chi connectivity index (χ4n) is 1.85. The molecule has 2 rings (SSSR count). The van der Waals surface area contributed by atoms with Crippen LogP contribution in [0.15, 0.2) is 22.7 Å². The van der Waals surface area contributed by atoms with Gasteiger partial charge in [-0.3, -0.25) is 0 Å². The largest absolute Gasteiger partial charge is 0.416 e. The highest BCUT2D eigenvalue weighted by Gasteiger charge is 2.31. The molecule has 0 radical (unpaired) electrons. The summed E-state index contributed by atoms with van der Waals surface area (Å²) in [6.07, 6.45) is -4.24. The predicted molar refractivity (Wildman–Crippen MR) is 69.2 cm³/mol. The minimum atomic E-state index is -4.47. The van der Waals surface area contributed by atoms with Gasteiger partial charge < -0.3 is 15.0 Å². The van der Waals surface area contributed by atoms with Crippen LogP contribution in [0.2, 0.25) is 0 Å². The Hall–Kier alpha value is -2.09. The van der Waals surface area contributed by atoms with Crippen molar-refractivity contribution in [2.75, 3.05) is 12.8 Å². The second-order valence-electron chi connectivity index (χ2n) is 4.39. The number of halogens is 3. The number of nitrogens with two attached hydrogens (primary N) is 1. The van der Waals surface area contributed by atoms with Gasteiger partial charge in [-0.15, -0.1) is 0 Å². The topological polar surface area (TPSA) is 74.2 Å². The van der Waals surface area contributed by atoms with Gasteiger partial charge in [0, 0.05) is 12.8 Å². The summed E-state index contributed by atoms with van der Waals surface area (Å²) in [5.41, 5.74) is 5.04. The molecule has 0 aliphatic carbocycles. The SMILES string of the molecule is CCC(OC)c1noc(-c2cc(C(F)(F)F)ccc2N)n1. The smallest absolute Gasteiger partial charge is 0.398 e. The summed E-state index contributed by atoms with van der Waals surface area (Å²) in [6, 6.07) is 2.95. The summed E-state index contributed by atoms with van der Waals surface area (Å²) < 4.78 is 48.3. The Labute approximate surface area is 118 Å². The zero-order valence-corrected chi connectivity index (χ0v) is 11.4. The summed E-state index contributed by atoms with van der Waals surface area (Å²) in [5.74, 6) is 0.205. The minimum Gasteiger partial charge on any atom is -0.398 e. The van der Waals surface area contributed by atoms with E-state index in [0.717, 1.165) is 18.2 Å². The molecule has 0 saturated carbocycles. The molecular weight excluding hydrogens is 287 g/mol. The minimum absolute atomic E-state index is 0.0505. The number of methoxy groups -OCH3 is 1. The van der Waals surface area contributed by atoms with E-state index >= 15 is 0 Å². The van der Waals surface area contributed by atoms with Crippen LogP contribution in [0, 0.1) is 0 Å². The molecule has 0 aliphatic rings. The summed E-state index contributed by atoms with van der Waals surface area (Å²) in [4.78, 5) is 4.06. The molecular formula is C13H14F3N3O2. The fraction of sp³-hybridized carbons (Fsp3) is 0.385. The molecule has 0 saturated heterocycles. The highest BCUT2D eigenvalue weighted by Crippen LogP contribution is 2.34. The molecule has 0 aliphatic heterocycles. The standard InChI is InChI=1S/C13H14F3N3O2/c1-3-10(20-2)11-18-12(21-19-11)8-6-7(13(14,15)16)4-5-9(8)17/h4-6,10H,3,17H2,1-2H3. The molecule has 0 spiro atoms. The number of anilines is 1. The lowest BCUT2D eigenvalue weighted by Crippen LogP contribution is -2.06. The molecule has 5 nitrogen and oxygen atoms in total. The second-order valence-corrected chi connectivity index (χ2v) is 4.39. The van der Waals surface area contributed by atoms with E-state index in [9.17, 15) is 13.2 Å². The molecule has 2 N–H and O–H groups in total. The van der Waals surface area contributed by atoms with Crippen LogP contribution in [0.3, 0.4) is 0 Å². The maximum Gasteiger partial charge on any atom is 0.416 e. The van der Waals surface area contributed by atoms with E-state index in [1.54, 1.807) is 0 Å². The highest BCUT2D eigenvalue weighted by atomic mass is 19.4. The van der Waals surface area contributed by atoms with Crippen molar-refractivity contribution in [2.24, 2.45) is 0 Å². The van der Waals surface area contributed by atoms with E-state index in [-0.39, 0.29) is 29.1 Å². The molecule has 0 amide bonds. The fourth-order valence-corrected chi connectivity index (χ4v) is 1.85. The van der Waals surface area contributed by atoms with Crippen molar-refractivity contribution in [1.29, 1.82) is 0 Å². The zero-order chi connectivity index (χ0) is 15.6. The average molecular weight is 301 g/mol. The third kappa shape index (κ3) is 3.15. The first-order chi connectivity index (χ1) is 9.86. The van der Waals surface area contributed by atoms with Gasteiger partial charge in [-0.1, -0.05) is 12.1 Å². The number of nitrogen functional groups attached to an aromatic ring is 1. The Morgan fingerprint density at radius 2 is 2.10 bits per heavy atom. The van der Waals surface area contributed by atoms with Crippen molar-refractivity contribution >= 4 is 5.69 Å². The summed E-state index contributed by atoms with van der Waals surface area (Å²) in [6.45, 7) is 1.86. The molecule has 1 aromatic carbocycles. The maximum absolute atomic E-state index is 12.7. The Morgan fingerprint density at radius 3 is 2.67 bits per heavy atom. The van der Waals surface area contributed by atoms with Gasteiger partial charge in [-0.25, -0.2) is 0 Å². The third-order valence-corrected chi connectivity index (χ3v) is 3.00. The first-order valence-corrected chi connectivity index (χ1v) is 6.20. The molecule has 21 heavy (non-hydrogen) atoms. The Kier molecular flexibility index (Phi) is 4.17. The van der Waals surface area contributed by atoms with Crippen molar-refractivity contribution in [3.05, 3.63) is 29.6 Å². The van der Waals surface area contributed by atoms with E-state index < -0.39 is 11.7 Å². The van der Waals surface area contributed by atoms with Crippen LogP contribution >= 0.6 is 0 Å². The van der Waals surface area contributed by atoms with Gasteiger partial charge >= 0.3 is 6.18 Å². The van der Waals surface area contributed by atoms with Crippen molar-refractivity contribution < 1.29 is 22.4 Å². The highest BCUT2D eigenvalue weighted by molar-refractivity contribution is 5.71. The number of ether oxygens (including phenoxy) is 1. The molecule has 0 bridgehead atoms. The van der Waals surface area contributed by atoms with Crippen LogP contribution in [0.4, 0.5) is 18.9 Å². The van der Waals surface area contributed by atoms with Crippen LogP contribution in [0.1, 0.15) is 30.8 Å². The van der Waals surface area contributed by atoms with E-state index in [1.807, 2.05) is 6.92 Å². The normalized spacial score (nSPS) is 13.4. The van der Waals surface area contributed by atoms with Crippen molar-refractivity contribution in [2.45, 2.75) is 25.6 Å². The quantitative estimate of drug-likeness (QED) is 0.876. The number of benzene rings is 1. The van der Waals surface area contributed by atoms with Crippen molar-refractivity contribution in [3.8, 4) is 11.5 Å². The molecule has 1 unspecified atom stereocenters. The van der Waals surface area contributed by atoms with Gasteiger partial charge in [0.15, 0.2) is 0 Å². The zero-order valence-electron chi connectivity index (χ0n) is 11.4. The third-order valence-electron chi connectivity index (χ3n) is 3.00. The van der Waals surface area contributed by atoms with Crippen LogP contribution in [-0.2, 0) is 10.9 Å². The van der Waals surface area contributed by atoms with Gasteiger partial charge in [-0.05, 0) is 24.6 Å². The predicted octanol–water partition coefficient (Wildman–Crippen LogP) is 3.44. The lowest BCUT2D eigenvalue weighted by Gasteiger charge is -2.09. The number of hydrogen-bond acceptors (Lipinski definition) is 5. The van der Waals surface area contributed by atoms with Gasteiger partial charge in [0.05, 0.1) is 11.1 Å². The van der Waals surface area contributed by atoms with Crippen LogP contribution in [0.25, 0.3) is 11.5 Å². The van der Waals surface area contributed by atoms with E-state index in [4.69, 9.17) is 15.0 Å². The van der Waals surface area contributed by atoms with Crippen LogP contribution in [-0.4, -0.2) is 17.3 Å². The maximum atomic E-state index is 12.7. The number of alkyl halides is 3. The van der Waals surface area contributed by atoms with Gasteiger partial charge in [0.2, 0.25) is 5.82 Å². The average Bonchev–Trinajstić information content (AvgIpc) is 2.89. The number of nitrogens with zero attached hydrogens (tertiary/aromatic N) is 2. The number of rotatable bonds is 4. The van der Waals surface area contributed by atoms with Crippen LogP contribution < -0.4 is 5.73 Å². The van der Waals surface area contributed by atoms with Crippen molar-refractivity contribution in [1.82, 2.24) is 10.1 Å². The molecule has 114 valence electrons. The van der Waals surface area contributed by atoms with E-state index in [0.29, 0.717) is 6.42 Å². The lowest BCUT2D eigenvalue weighted by atomic mass is 10.1. The first kappa shape index (κ1) is 15.3. The Morgan fingerprint density at radius 1 is 1.38 bits per heavy atom. The Bertz CT molecular complexity index is 621. The molecule has 1 aromatic heterocycles. The van der Waals surface area contributed by atoms with E-state index in [2.05, 4.69) is 10.1 Å². The van der Waals surface area contributed by atoms with E-state index in [1.165, 1.54) is 7.11 Å². The number of aromatic nitrogens is 2.